The largest absolute Gasteiger partial charge is 0.464 e. The van der Waals surface area contributed by atoms with Crippen molar-refractivity contribution in [2.24, 2.45) is 5.73 Å². The molecule has 0 saturated carbocycles. The Hall–Kier alpha value is -1.68. The Morgan fingerprint density at radius 1 is 1.24 bits per heavy atom. The van der Waals surface area contributed by atoms with Gasteiger partial charge >= 0.3 is 0 Å². The molecule has 1 atom stereocenters. The van der Waals surface area contributed by atoms with Gasteiger partial charge in [0.25, 0.3) is 0 Å². The predicted octanol–water partition coefficient (Wildman–Crippen LogP) is 3.17. The van der Waals surface area contributed by atoms with Crippen molar-refractivity contribution in [2.45, 2.75) is 19.4 Å². The van der Waals surface area contributed by atoms with Crippen LogP contribution in [0.3, 0.4) is 0 Å². The topological polar surface area (TPSA) is 39.2 Å². The molecule has 2 nitrogen and oxygen atoms in total. The van der Waals surface area contributed by atoms with Gasteiger partial charge in [-0.2, -0.15) is 0 Å². The monoisotopic (exact) mass is 237 g/mol. The highest BCUT2D eigenvalue weighted by atomic mass is 19.1. The summed E-state index contributed by atoms with van der Waals surface area (Å²) >= 11 is 0. The molecule has 0 amide bonds. The smallest absolute Gasteiger partial charge is 0.131 e. The number of aryl methyl sites for hydroxylation is 1. The zero-order valence-electron chi connectivity index (χ0n) is 9.41. The van der Waals surface area contributed by atoms with Crippen LogP contribution in [0.4, 0.5) is 8.78 Å². The van der Waals surface area contributed by atoms with E-state index >= 15 is 0 Å². The van der Waals surface area contributed by atoms with Gasteiger partial charge in [0.15, 0.2) is 0 Å². The average molecular weight is 237 g/mol. The molecule has 1 aromatic heterocycles. The molecule has 0 aliphatic heterocycles. The van der Waals surface area contributed by atoms with Gasteiger partial charge in [-0.05, 0) is 18.2 Å². The molecule has 0 aliphatic rings. The second-order valence-electron chi connectivity index (χ2n) is 3.80. The van der Waals surface area contributed by atoms with Crippen LogP contribution in [0.1, 0.15) is 30.0 Å². The van der Waals surface area contributed by atoms with E-state index in [1.165, 1.54) is 12.1 Å². The first-order valence-electron chi connectivity index (χ1n) is 5.41. The Kier molecular flexibility index (Phi) is 3.24. The molecule has 0 bridgehead atoms. The number of halogens is 2. The van der Waals surface area contributed by atoms with E-state index in [0.29, 0.717) is 5.76 Å². The second kappa shape index (κ2) is 4.67. The Morgan fingerprint density at radius 2 is 2.00 bits per heavy atom. The van der Waals surface area contributed by atoms with E-state index < -0.39 is 17.7 Å². The maximum Gasteiger partial charge on any atom is 0.131 e. The minimum Gasteiger partial charge on any atom is -0.464 e. The third kappa shape index (κ3) is 2.36. The molecule has 0 aliphatic carbocycles. The van der Waals surface area contributed by atoms with E-state index in [9.17, 15) is 8.78 Å². The number of hydrogen-bond donors (Lipinski definition) is 1. The van der Waals surface area contributed by atoms with E-state index in [1.54, 1.807) is 12.1 Å². The first-order chi connectivity index (χ1) is 8.11. The van der Waals surface area contributed by atoms with Crippen LogP contribution < -0.4 is 5.73 Å². The quantitative estimate of drug-likeness (QED) is 0.890. The van der Waals surface area contributed by atoms with Gasteiger partial charge in [-0.25, -0.2) is 8.78 Å². The summed E-state index contributed by atoms with van der Waals surface area (Å²) < 4.78 is 31.7. The van der Waals surface area contributed by atoms with Gasteiger partial charge in [-0.1, -0.05) is 13.0 Å². The lowest BCUT2D eigenvalue weighted by Gasteiger charge is -2.10. The molecule has 2 rings (SSSR count). The van der Waals surface area contributed by atoms with Crippen molar-refractivity contribution in [3.05, 3.63) is 59.1 Å². The lowest BCUT2D eigenvalue weighted by Crippen LogP contribution is -2.13. The third-order valence-corrected chi connectivity index (χ3v) is 2.63. The van der Waals surface area contributed by atoms with Crippen molar-refractivity contribution in [1.82, 2.24) is 0 Å². The number of nitrogens with two attached hydrogens (primary N) is 1. The maximum atomic E-state index is 13.5. The molecule has 0 radical (unpaired) electrons. The molecular weight excluding hydrogens is 224 g/mol. The van der Waals surface area contributed by atoms with Crippen LogP contribution in [-0.4, -0.2) is 0 Å². The standard InChI is InChI=1S/C13H13F2NO/c1-2-9-4-6-12(17-9)13(16)10-5-3-8(14)7-11(10)15/h3-7,13H,2,16H2,1H3. The van der Waals surface area contributed by atoms with Crippen LogP contribution >= 0.6 is 0 Å². The molecule has 2 N–H and O–H groups in total. The lowest BCUT2D eigenvalue weighted by molar-refractivity contribution is 0.447. The zero-order chi connectivity index (χ0) is 12.4. The minimum atomic E-state index is -0.712. The van der Waals surface area contributed by atoms with Gasteiger partial charge in [0.2, 0.25) is 0 Å². The number of rotatable bonds is 3. The lowest BCUT2D eigenvalue weighted by atomic mass is 10.0. The van der Waals surface area contributed by atoms with Crippen molar-refractivity contribution >= 4 is 0 Å². The van der Waals surface area contributed by atoms with E-state index in [2.05, 4.69) is 0 Å². The molecule has 0 spiro atoms. The van der Waals surface area contributed by atoms with Gasteiger partial charge < -0.3 is 10.2 Å². The van der Waals surface area contributed by atoms with Crippen LogP contribution in [0.5, 0.6) is 0 Å². The highest BCUT2D eigenvalue weighted by Crippen LogP contribution is 2.24. The molecule has 4 heteroatoms. The van der Waals surface area contributed by atoms with E-state index in [-0.39, 0.29) is 5.56 Å². The van der Waals surface area contributed by atoms with Crippen LogP contribution in [0.2, 0.25) is 0 Å². The normalized spacial score (nSPS) is 12.7. The van der Waals surface area contributed by atoms with Crippen LogP contribution in [-0.2, 0) is 6.42 Å². The second-order valence-corrected chi connectivity index (χ2v) is 3.80. The Balaban J connectivity index is 2.33. The summed E-state index contributed by atoms with van der Waals surface area (Å²) in [5.41, 5.74) is 6.10. The summed E-state index contributed by atoms with van der Waals surface area (Å²) in [5.74, 6) is -0.00980. The Morgan fingerprint density at radius 3 is 2.59 bits per heavy atom. The number of furan rings is 1. The van der Waals surface area contributed by atoms with Gasteiger partial charge in [-0.15, -0.1) is 0 Å². The third-order valence-electron chi connectivity index (χ3n) is 2.63. The van der Waals surface area contributed by atoms with Crippen LogP contribution in [0.25, 0.3) is 0 Å². The zero-order valence-corrected chi connectivity index (χ0v) is 9.41. The molecule has 1 unspecified atom stereocenters. The molecule has 17 heavy (non-hydrogen) atoms. The SMILES string of the molecule is CCc1ccc(C(N)c2ccc(F)cc2F)o1. The summed E-state index contributed by atoms with van der Waals surface area (Å²) in [5, 5.41) is 0. The number of hydrogen-bond acceptors (Lipinski definition) is 2. The molecule has 90 valence electrons. The van der Waals surface area contributed by atoms with E-state index in [1.807, 2.05) is 6.92 Å². The summed E-state index contributed by atoms with van der Waals surface area (Å²) in [4.78, 5) is 0. The Bertz CT molecular complexity index is 522. The van der Waals surface area contributed by atoms with Crippen molar-refractivity contribution in [2.75, 3.05) is 0 Å². The van der Waals surface area contributed by atoms with Gasteiger partial charge in [0.05, 0.1) is 6.04 Å². The summed E-state index contributed by atoms with van der Waals surface area (Å²) in [7, 11) is 0. The van der Waals surface area contributed by atoms with Crippen molar-refractivity contribution < 1.29 is 13.2 Å². The first kappa shape index (κ1) is 11.8. The fourth-order valence-electron chi connectivity index (χ4n) is 1.66. The molecule has 0 saturated heterocycles. The minimum absolute atomic E-state index is 0.225. The van der Waals surface area contributed by atoms with E-state index in [4.69, 9.17) is 10.2 Å². The molecule has 2 aromatic rings. The van der Waals surface area contributed by atoms with Crippen LogP contribution in [0, 0.1) is 11.6 Å². The maximum absolute atomic E-state index is 13.5. The fourth-order valence-corrected chi connectivity index (χ4v) is 1.66. The fraction of sp³-hybridized carbons (Fsp3) is 0.231. The Labute approximate surface area is 98.0 Å². The molecule has 1 aromatic carbocycles. The van der Waals surface area contributed by atoms with Crippen molar-refractivity contribution in [3.8, 4) is 0 Å². The van der Waals surface area contributed by atoms with Crippen molar-refractivity contribution in [3.63, 3.8) is 0 Å². The average Bonchev–Trinajstić information content (AvgIpc) is 2.76. The summed E-state index contributed by atoms with van der Waals surface area (Å²) in [6, 6.07) is 6.14. The number of benzene rings is 1. The first-order valence-corrected chi connectivity index (χ1v) is 5.41. The molecule has 1 heterocycles. The van der Waals surface area contributed by atoms with Gasteiger partial charge in [-0.3, -0.25) is 0 Å². The summed E-state index contributed by atoms with van der Waals surface area (Å²) in [6.07, 6.45) is 0.749. The summed E-state index contributed by atoms with van der Waals surface area (Å²) in [6.45, 7) is 1.95. The van der Waals surface area contributed by atoms with E-state index in [0.717, 1.165) is 18.2 Å². The van der Waals surface area contributed by atoms with Gasteiger partial charge in [0.1, 0.15) is 23.2 Å². The highest BCUT2D eigenvalue weighted by molar-refractivity contribution is 5.28. The molecular formula is C13H13F2NO. The highest BCUT2D eigenvalue weighted by Gasteiger charge is 2.17. The predicted molar refractivity (Wildman–Crippen MR) is 60.5 cm³/mol. The van der Waals surface area contributed by atoms with Crippen LogP contribution in [0.15, 0.2) is 34.7 Å². The van der Waals surface area contributed by atoms with Crippen molar-refractivity contribution in [1.29, 1.82) is 0 Å². The van der Waals surface area contributed by atoms with Gasteiger partial charge in [0, 0.05) is 18.1 Å². The molecule has 0 fully saturated rings.